The molecule has 0 N–H and O–H groups in total. The topological polar surface area (TPSA) is 6.48 Å². The van der Waals surface area contributed by atoms with Crippen LogP contribution in [0, 0.1) is 12.8 Å². The zero-order chi connectivity index (χ0) is 14.8. The molecule has 21 heavy (non-hydrogen) atoms. The highest BCUT2D eigenvalue weighted by atomic mass is 15.3. The van der Waals surface area contributed by atoms with Gasteiger partial charge in [-0.2, -0.15) is 0 Å². The summed E-state index contributed by atoms with van der Waals surface area (Å²) < 4.78 is 0. The number of aryl methyl sites for hydroxylation is 2. The van der Waals surface area contributed by atoms with Crippen LogP contribution in [0.5, 0.6) is 0 Å². The maximum absolute atomic E-state index is 5.64. The summed E-state index contributed by atoms with van der Waals surface area (Å²) in [6.45, 7) is 7.37. The van der Waals surface area contributed by atoms with Crippen molar-refractivity contribution >= 4 is 7.85 Å². The Bertz CT molecular complexity index is 482. The van der Waals surface area contributed by atoms with Gasteiger partial charge in [-0.1, -0.05) is 24.5 Å². The van der Waals surface area contributed by atoms with E-state index in [0.717, 1.165) is 24.7 Å². The van der Waals surface area contributed by atoms with Gasteiger partial charge in [-0.05, 0) is 62.4 Å². The van der Waals surface area contributed by atoms with E-state index in [0.29, 0.717) is 0 Å². The molecule has 1 atom stereocenters. The quantitative estimate of drug-likeness (QED) is 0.765. The summed E-state index contributed by atoms with van der Waals surface area (Å²) in [5, 5.41) is 0. The van der Waals surface area contributed by atoms with Crippen LogP contribution in [0.3, 0.4) is 0 Å². The van der Waals surface area contributed by atoms with Gasteiger partial charge in [0.05, 0.1) is 7.85 Å². The van der Waals surface area contributed by atoms with Crippen LogP contribution >= 0.6 is 0 Å². The van der Waals surface area contributed by atoms with Gasteiger partial charge >= 0.3 is 0 Å². The number of rotatable bonds is 5. The van der Waals surface area contributed by atoms with Gasteiger partial charge in [0.1, 0.15) is 0 Å². The molecule has 2 nitrogen and oxygen atoms in total. The molecule has 2 saturated heterocycles. The van der Waals surface area contributed by atoms with Crippen LogP contribution in [0.2, 0.25) is 6.32 Å². The molecule has 0 aliphatic carbocycles. The lowest BCUT2D eigenvalue weighted by atomic mass is 9.87. The van der Waals surface area contributed by atoms with Crippen LogP contribution in [0.1, 0.15) is 23.1 Å². The van der Waals surface area contributed by atoms with Crippen molar-refractivity contribution in [3.63, 3.8) is 0 Å². The first-order chi connectivity index (χ1) is 10.2. The minimum absolute atomic E-state index is 0.742. The minimum Gasteiger partial charge on any atom is -0.305 e. The SMILES string of the molecule is [B]CCc1ccc(CC2CN(C3CCN(C)C3)C2)c(C)c1. The molecule has 1 aromatic carbocycles. The summed E-state index contributed by atoms with van der Waals surface area (Å²) in [4.78, 5) is 5.14. The minimum atomic E-state index is 0.742. The molecule has 3 heteroatoms. The van der Waals surface area contributed by atoms with Crippen molar-refractivity contribution in [1.29, 1.82) is 0 Å². The van der Waals surface area contributed by atoms with Crippen molar-refractivity contribution in [3.8, 4) is 0 Å². The van der Waals surface area contributed by atoms with E-state index in [-0.39, 0.29) is 0 Å². The van der Waals surface area contributed by atoms with E-state index in [1.807, 2.05) is 0 Å². The Hall–Kier alpha value is -0.795. The smallest absolute Gasteiger partial charge is 0.0657 e. The fourth-order valence-corrected chi connectivity index (χ4v) is 3.87. The molecule has 0 spiro atoms. The Morgan fingerprint density at radius 1 is 1.24 bits per heavy atom. The van der Waals surface area contributed by atoms with Crippen molar-refractivity contribution in [2.24, 2.45) is 5.92 Å². The number of likely N-dealkylation sites (N-methyl/N-ethyl adjacent to an activating group) is 1. The maximum Gasteiger partial charge on any atom is 0.0657 e. The third-order valence-electron chi connectivity index (χ3n) is 5.22. The van der Waals surface area contributed by atoms with E-state index in [2.05, 4.69) is 42.0 Å². The predicted molar refractivity (Wildman–Crippen MR) is 90.1 cm³/mol. The van der Waals surface area contributed by atoms with Gasteiger partial charge in [-0.15, -0.1) is 0 Å². The van der Waals surface area contributed by atoms with E-state index < -0.39 is 0 Å². The van der Waals surface area contributed by atoms with E-state index in [1.165, 1.54) is 55.7 Å². The molecule has 0 aromatic heterocycles. The molecule has 3 rings (SSSR count). The lowest BCUT2D eigenvalue weighted by Gasteiger charge is -2.43. The van der Waals surface area contributed by atoms with Gasteiger partial charge in [-0.25, -0.2) is 0 Å². The van der Waals surface area contributed by atoms with Crippen LogP contribution in [-0.2, 0) is 12.8 Å². The Balaban J connectivity index is 1.50. The highest BCUT2D eigenvalue weighted by Gasteiger charge is 2.34. The standard InChI is InChI=1S/C18H27BN2/c1-14-9-15(5-7-19)3-4-17(14)10-16-11-21(12-16)18-6-8-20(2)13-18/h3-4,9,16,18H,5-8,10-13H2,1-2H3. The predicted octanol–water partition coefficient (Wildman–Crippen LogP) is 2.30. The number of nitrogens with zero attached hydrogens (tertiary/aromatic N) is 2. The first-order valence-electron chi connectivity index (χ1n) is 8.36. The Labute approximate surface area is 130 Å². The molecule has 0 amide bonds. The molecule has 2 radical (unpaired) electrons. The van der Waals surface area contributed by atoms with Crippen molar-refractivity contribution in [1.82, 2.24) is 9.80 Å². The molecule has 0 saturated carbocycles. The summed E-state index contributed by atoms with van der Waals surface area (Å²) in [7, 11) is 7.88. The highest BCUT2D eigenvalue weighted by Crippen LogP contribution is 2.27. The summed E-state index contributed by atoms with van der Waals surface area (Å²) in [6.07, 6.45) is 4.34. The van der Waals surface area contributed by atoms with E-state index in [1.54, 1.807) is 0 Å². The first-order valence-corrected chi connectivity index (χ1v) is 8.36. The van der Waals surface area contributed by atoms with Crippen LogP contribution in [0.15, 0.2) is 18.2 Å². The Morgan fingerprint density at radius 3 is 2.67 bits per heavy atom. The lowest BCUT2D eigenvalue weighted by Crippen LogP contribution is -2.53. The maximum atomic E-state index is 5.64. The second kappa shape index (κ2) is 6.54. The van der Waals surface area contributed by atoms with Crippen LogP contribution in [0.25, 0.3) is 0 Å². The van der Waals surface area contributed by atoms with E-state index >= 15 is 0 Å². The molecule has 2 aliphatic rings. The molecule has 1 aromatic rings. The second-order valence-electron chi connectivity index (χ2n) is 7.03. The largest absolute Gasteiger partial charge is 0.305 e. The van der Waals surface area contributed by atoms with Gasteiger partial charge in [0.2, 0.25) is 0 Å². The Kier molecular flexibility index (Phi) is 4.70. The van der Waals surface area contributed by atoms with Gasteiger partial charge in [0.25, 0.3) is 0 Å². The van der Waals surface area contributed by atoms with Crippen molar-refractivity contribution < 1.29 is 0 Å². The van der Waals surface area contributed by atoms with Gasteiger partial charge in [-0.3, -0.25) is 4.90 Å². The normalized spacial score (nSPS) is 24.4. The molecular weight excluding hydrogens is 255 g/mol. The monoisotopic (exact) mass is 282 g/mol. The van der Waals surface area contributed by atoms with Gasteiger partial charge in [0.15, 0.2) is 0 Å². The zero-order valence-electron chi connectivity index (χ0n) is 13.5. The van der Waals surface area contributed by atoms with E-state index in [9.17, 15) is 0 Å². The third kappa shape index (κ3) is 3.52. The van der Waals surface area contributed by atoms with Gasteiger partial charge < -0.3 is 4.90 Å². The summed E-state index contributed by atoms with van der Waals surface area (Å²) in [5.74, 6) is 0.856. The van der Waals surface area contributed by atoms with Crippen molar-refractivity contribution in [2.45, 2.75) is 38.5 Å². The molecule has 2 heterocycles. The molecular formula is C18H27BN2. The zero-order valence-corrected chi connectivity index (χ0v) is 13.5. The van der Waals surface area contributed by atoms with E-state index in [4.69, 9.17) is 7.85 Å². The van der Waals surface area contributed by atoms with Gasteiger partial charge in [0, 0.05) is 25.7 Å². The fourth-order valence-electron chi connectivity index (χ4n) is 3.87. The molecule has 1 unspecified atom stereocenters. The highest BCUT2D eigenvalue weighted by molar-refractivity contribution is 6.08. The summed E-state index contributed by atoms with van der Waals surface area (Å²) in [5.41, 5.74) is 4.35. The molecule has 0 bridgehead atoms. The first kappa shape index (κ1) is 15.1. The van der Waals surface area contributed by atoms with Crippen molar-refractivity contribution in [3.05, 3.63) is 34.9 Å². The number of likely N-dealkylation sites (tertiary alicyclic amines) is 2. The van der Waals surface area contributed by atoms with Crippen LogP contribution in [-0.4, -0.2) is 56.9 Å². The van der Waals surface area contributed by atoms with Crippen LogP contribution < -0.4 is 0 Å². The third-order valence-corrected chi connectivity index (χ3v) is 5.22. The second-order valence-corrected chi connectivity index (χ2v) is 7.03. The number of hydrogen-bond acceptors (Lipinski definition) is 2. The summed E-state index contributed by atoms with van der Waals surface area (Å²) >= 11 is 0. The average molecular weight is 282 g/mol. The fraction of sp³-hybridized carbons (Fsp3) is 0.667. The van der Waals surface area contributed by atoms with Crippen LogP contribution in [0.4, 0.5) is 0 Å². The number of benzene rings is 1. The summed E-state index contributed by atoms with van der Waals surface area (Å²) in [6, 6.07) is 7.73. The number of hydrogen-bond donors (Lipinski definition) is 0. The molecule has 112 valence electrons. The average Bonchev–Trinajstić information content (AvgIpc) is 2.82. The molecule has 2 aliphatic heterocycles. The Morgan fingerprint density at radius 2 is 2.05 bits per heavy atom. The molecule has 2 fully saturated rings. The lowest BCUT2D eigenvalue weighted by molar-refractivity contribution is 0.0570. The van der Waals surface area contributed by atoms with Crippen molar-refractivity contribution in [2.75, 3.05) is 33.2 Å².